The number of nitrogens with zero attached hydrogens (tertiary/aromatic N) is 1. The molecule has 33 heavy (non-hydrogen) atoms. The van der Waals surface area contributed by atoms with Gasteiger partial charge in [-0.2, -0.15) is 0 Å². The maximum atomic E-state index is 13.4. The molecule has 0 aliphatic heterocycles. The number of amides is 2. The predicted octanol–water partition coefficient (Wildman–Crippen LogP) is 6.41. The molecule has 0 saturated heterocycles. The van der Waals surface area contributed by atoms with Crippen LogP contribution in [-0.2, 0) is 22.6 Å². The summed E-state index contributed by atoms with van der Waals surface area (Å²) in [5, 5.41) is 6.21. The second kappa shape index (κ2) is 11.5. The van der Waals surface area contributed by atoms with E-state index in [4.69, 9.17) is 23.2 Å². The fourth-order valence-electron chi connectivity index (χ4n) is 3.80. The van der Waals surface area contributed by atoms with Gasteiger partial charge < -0.3 is 10.2 Å². The van der Waals surface area contributed by atoms with Gasteiger partial charge in [-0.3, -0.25) is 9.59 Å². The quantitative estimate of drug-likeness (QED) is 0.381. The number of benzene rings is 3. The zero-order chi connectivity index (χ0) is 24.0. The summed E-state index contributed by atoms with van der Waals surface area (Å²) in [5.41, 5.74) is 1.75. The zero-order valence-corrected chi connectivity index (χ0v) is 20.8. The van der Waals surface area contributed by atoms with E-state index in [0.717, 1.165) is 22.8 Å². The smallest absolute Gasteiger partial charge is 0.242 e. The van der Waals surface area contributed by atoms with Crippen molar-refractivity contribution in [3.05, 3.63) is 81.8 Å². The van der Waals surface area contributed by atoms with Crippen molar-refractivity contribution < 1.29 is 9.59 Å². The molecule has 0 bridgehead atoms. The number of aryl methyl sites for hydroxylation is 1. The summed E-state index contributed by atoms with van der Waals surface area (Å²) in [4.78, 5) is 27.9. The molecular formula is C27H30Cl2N2O2. The van der Waals surface area contributed by atoms with Crippen molar-refractivity contribution >= 4 is 45.8 Å². The van der Waals surface area contributed by atoms with Crippen LogP contribution in [0.2, 0.25) is 10.0 Å². The van der Waals surface area contributed by atoms with E-state index in [9.17, 15) is 9.59 Å². The molecule has 0 saturated carbocycles. The molecule has 2 amide bonds. The van der Waals surface area contributed by atoms with Crippen molar-refractivity contribution in [2.75, 3.05) is 0 Å². The van der Waals surface area contributed by atoms with Crippen LogP contribution in [0.3, 0.4) is 0 Å². The normalized spacial score (nSPS) is 12.9. The van der Waals surface area contributed by atoms with Gasteiger partial charge in [0.05, 0.1) is 0 Å². The van der Waals surface area contributed by atoms with Gasteiger partial charge in [-0.05, 0) is 55.2 Å². The highest BCUT2D eigenvalue weighted by molar-refractivity contribution is 6.36. The number of halogens is 2. The van der Waals surface area contributed by atoms with Crippen molar-refractivity contribution in [2.24, 2.45) is 0 Å². The maximum absolute atomic E-state index is 13.4. The van der Waals surface area contributed by atoms with Gasteiger partial charge in [0.15, 0.2) is 0 Å². The van der Waals surface area contributed by atoms with Gasteiger partial charge in [0, 0.05) is 34.6 Å². The Hall–Kier alpha value is -2.56. The molecule has 0 radical (unpaired) electrons. The molecule has 0 aliphatic rings. The molecule has 0 heterocycles. The van der Waals surface area contributed by atoms with Crippen molar-refractivity contribution in [3.8, 4) is 0 Å². The minimum absolute atomic E-state index is 0.0245. The topological polar surface area (TPSA) is 49.4 Å². The number of hydrogen-bond acceptors (Lipinski definition) is 2. The fourth-order valence-corrected chi connectivity index (χ4v) is 4.31. The summed E-state index contributed by atoms with van der Waals surface area (Å²) in [6.07, 6.45) is 1.66. The molecule has 0 fully saturated rings. The van der Waals surface area contributed by atoms with Crippen LogP contribution < -0.4 is 5.32 Å². The SMILES string of the molecule is CC[C@@H](C)NC(=O)[C@H](C)N(Cc1c(Cl)cccc1Cl)C(=O)CCc1cccc2ccccc12. The molecule has 3 rings (SSSR count). The third kappa shape index (κ3) is 6.27. The molecule has 3 aromatic rings. The first-order valence-electron chi connectivity index (χ1n) is 11.3. The Balaban J connectivity index is 1.84. The lowest BCUT2D eigenvalue weighted by atomic mass is 10.0. The second-order valence-electron chi connectivity index (χ2n) is 8.35. The van der Waals surface area contributed by atoms with E-state index in [0.29, 0.717) is 22.0 Å². The summed E-state index contributed by atoms with van der Waals surface area (Å²) in [7, 11) is 0. The summed E-state index contributed by atoms with van der Waals surface area (Å²) in [6, 6.07) is 18.9. The number of nitrogens with one attached hydrogen (secondary N) is 1. The van der Waals surface area contributed by atoms with Crippen molar-refractivity contribution in [3.63, 3.8) is 0 Å². The van der Waals surface area contributed by atoms with E-state index in [-0.39, 0.29) is 30.8 Å². The number of hydrogen-bond donors (Lipinski definition) is 1. The summed E-state index contributed by atoms with van der Waals surface area (Å²) in [6.45, 7) is 5.87. The van der Waals surface area contributed by atoms with Crippen molar-refractivity contribution in [1.29, 1.82) is 0 Å². The lowest BCUT2D eigenvalue weighted by Gasteiger charge is -2.30. The van der Waals surface area contributed by atoms with E-state index in [2.05, 4.69) is 23.5 Å². The van der Waals surface area contributed by atoms with Crippen LogP contribution >= 0.6 is 23.2 Å². The van der Waals surface area contributed by atoms with Gasteiger partial charge in [0.1, 0.15) is 6.04 Å². The number of rotatable bonds is 9. The summed E-state index contributed by atoms with van der Waals surface area (Å²) >= 11 is 12.8. The van der Waals surface area contributed by atoms with Gasteiger partial charge in [-0.25, -0.2) is 0 Å². The molecule has 1 N–H and O–H groups in total. The first kappa shape index (κ1) is 25.1. The second-order valence-corrected chi connectivity index (χ2v) is 9.17. The third-order valence-corrected chi connectivity index (χ3v) is 6.75. The first-order chi connectivity index (χ1) is 15.8. The minimum atomic E-state index is -0.661. The molecule has 174 valence electrons. The van der Waals surface area contributed by atoms with Crippen LogP contribution in [0.1, 0.15) is 44.7 Å². The molecule has 3 aromatic carbocycles. The van der Waals surface area contributed by atoms with E-state index < -0.39 is 6.04 Å². The van der Waals surface area contributed by atoms with Gasteiger partial charge in [0.2, 0.25) is 11.8 Å². The average molecular weight is 485 g/mol. The largest absolute Gasteiger partial charge is 0.352 e. The Labute approximate surface area is 205 Å². The molecular weight excluding hydrogens is 455 g/mol. The summed E-state index contributed by atoms with van der Waals surface area (Å²) in [5.74, 6) is -0.309. The Bertz CT molecular complexity index is 1110. The van der Waals surface area contributed by atoms with E-state index in [1.807, 2.05) is 38.1 Å². The number of carbonyl (C=O) groups is 2. The highest BCUT2D eigenvalue weighted by atomic mass is 35.5. The van der Waals surface area contributed by atoms with Crippen LogP contribution in [0.4, 0.5) is 0 Å². The molecule has 0 aromatic heterocycles. The highest BCUT2D eigenvalue weighted by Crippen LogP contribution is 2.27. The molecule has 2 atom stereocenters. The van der Waals surface area contributed by atoms with Crippen LogP contribution in [0.5, 0.6) is 0 Å². The Morgan fingerprint density at radius 3 is 2.27 bits per heavy atom. The highest BCUT2D eigenvalue weighted by Gasteiger charge is 2.28. The van der Waals surface area contributed by atoms with E-state index in [1.54, 1.807) is 30.0 Å². The van der Waals surface area contributed by atoms with Crippen molar-refractivity contribution in [1.82, 2.24) is 10.2 Å². The van der Waals surface area contributed by atoms with E-state index >= 15 is 0 Å². The standard InChI is InChI=1S/C27H30Cl2N2O2/c1-4-18(2)30-27(33)19(3)31(17-23-24(28)13-8-14-25(23)29)26(32)16-15-21-11-7-10-20-9-5-6-12-22(20)21/h5-14,18-19H,4,15-17H2,1-3H3,(H,30,33)/t18-,19+/m1/s1. The Morgan fingerprint density at radius 1 is 0.939 bits per heavy atom. The summed E-state index contributed by atoms with van der Waals surface area (Å²) < 4.78 is 0. The first-order valence-corrected chi connectivity index (χ1v) is 12.1. The Morgan fingerprint density at radius 2 is 1.58 bits per heavy atom. The molecule has 4 nitrogen and oxygen atoms in total. The van der Waals surface area contributed by atoms with Gasteiger partial charge in [-0.15, -0.1) is 0 Å². The minimum Gasteiger partial charge on any atom is -0.352 e. The average Bonchev–Trinajstić information content (AvgIpc) is 2.81. The van der Waals surface area contributed by atoms with E-state index in [1.165, 1.54) is 0 Å². The fraction of sp³-hybridized carbons (Fsp3) is 0.333. The molecule has 0 aliphatic carbocycles. The van der Waals surface area contributed by atoms with Gasteiger partial charge in [-0.1, -0.05) is 78.7 Å². The van der Waals surface area contributed by atoms with Crippen LogP contribution in [-0.4, -0.2) is 28.8 Å². The zero-order valence-electron chi connectivity index (χ0n) is 19.3. The van der Waals surface area contributed by atoms with Crippen LogP contribution in [0, 0.1) is 0 Å². The van der Waals surface area contributed by atoms with Gasteiger partial charge in [0.25, 0.3) is 0 Å². The number of carbonyl (C=O) groups excluding carboxylic acids is 2. The number of fused-ring (bicyclic) bond motifs is 1. The molecule has 0 unspecified atom stereocenters. The monoisotopic (exact) mass is 484 g/mol. The predicted molar refractivity (Wildman–Crippen MR) is 137 cm³/mol. The van der Waals surface area contributed by atoms with Crippen LogP contribution in [0.25, 0.3) is 10.8 Å². The lowest BCUT2D eigenvalue weighted by molar-refractivity contribution is -0.140. The van der Waals surface area contributed by atoms with Crippen molar-refractivity contribution in [2.45, 2.75) is 58.7 Å². The lowest BCUT2D eigenvalue weighted by Crippen LogP contribution is -2.49. The van der Waals surface area contributed by atoms with Gasteiger partial charge >= 0.3 is 0 Å². The van der Waals surface area contributed by atoms with Crippen LogP contribution in [0.15, 0.2) is 60.7 Å². The third-order valence-electron chi connectivity index (χ3n) is 6.05. The molecule has 0 spiro atoms. The maximum Gasteiger partial charge on any atom is 0.242 e. The Kier molecular flexibility index (Phi) is 8.76. The molecule has 6 heteroatoms.